The molecule has 0 bridgehead atoms. The molecule has 2 heterocycles. The number of carbonyl (C=O) groups is 3. The van der Waals surface area contributed by atoms with Crippen LogP contribution in [-0.4, -0.2) is 59.5 Å². The van der Waals surface area contributed by atoms with E-state index in [2.05, 4.69) is 0 Å². The first kappa shape index (κ1) is 21.5. The van der Waals surface area contributed by atoms with Crippen molar-refractivity contribution in [3.05, 3.63) is 47.2 Å². The molecule has 1 saturated heterocycles. The van der Waals surface area contributed by atoms with Crippen molar-refractivity contribution in [2.45, 2.75) is 57.6 Å². The molecule has 8 heteroatoms. The normalized spacial score (nSPS) is 28.9. The van der Waals surface area contributed by atoms with E-state index in [4.69, 9.17) is 14.2 Å². The first-order valence-corrected chi connectivity index (χ1v) is 10.6. The van der Waals surface area contributed by atoms with E-state index in [-0.39, 0.29) is 29.7 Å². The number of hydrogen-bond acceptors (Lipinski definition) is 7. The van der Waals surface area contributed by atoms with Crippen LogP contribution in [-0.2, 0) is 23.8 Å². The maximum atomic E-state index is 13.1. The van der Waals surface area contributed by atoms with Gasteiger partial charge >= 0.3 is 11.9 Å². The fraction of sp³-hybridized carbons (Fsp3) is 0.522. The van der Waals surface area contributed by atoms with E-state index in [1.807, 2.05) is 0 Å². The quantitative estimate of drug-likeness (QED) is 0.419. The number of esters is 2. The molecule has 1 saturated carbocycles. The molecule has 1 aromatic carbocycles. The van der Waals surface area contributed by atoms with Crippen LogP contribution in [0.15, 0.2) is 41.6 Å². The fourth-order valence-corrected chi connectivity index (χ4v) is 5.09. The van der Waals surface area contributed by atoms with Gasteiger partial charge in [-0.2, -0.15) is 0 Å². The largest absolute Gasteiger partial charge is 0.422 e. The topological polar surface area (TPSA) is 102 Å². The van der Waals surface area contributed by atoms with Crippen molar-refractivity contribution in [3.8, 4) is 0 Å². The van der Waals surface area contributed by atoms with E-state index < -0.39 is 30.3 Å². The molecule has 0 aromatic heterocycles. The first-order chi connectivity index (χ1) is 14.8. The van der Waals surface area contributed by atoms with Gasteiger partial charge in [0.1, 0.15) is 5.70 Å². The number of hydrogen-bond donors (Lipinski definition) is 1. The predicted octanol–water partition coefficient (Wildman–Crippen LogP) is 2.02. The van der Waals surface area contributed by atoms with Crippen molar-refractivity contribution in [3.63, 3.8) is 0 Å². The van der Waals surface area contributed by atoms with Gasteiger partial charge in [-0.3, -0.25) is 4.79 Å². The average Bonchev–Trinajstić information content (AvgIpc) is 3.04. The highest BCUT2D eigenvalue weighted by Crippen LogP contribution is 2.52. The lowest BCUT2D eigenvalue weighted by Crippen LogP contribution is -2.64. The zero-order valence-corrected chi connectivity index (χ0v) is 17.8. The van der Waals surface area contributed by atoms with E-state index in [0.29, 0.717) is 5.56 Å². The average molecular weight is 429 g/mol. The van der Waals surface area contributed by atoms with Gasteiger partial charge < -0.3 is 24.2 Å². The van der Waals surface area contributed by atoms with E-state index in [1.165, 1.54) is 11.8 Å². The van der Waals surface area contributed by atoms with Gasteiger partial charge in [0.2, 0.25) is 12.2 Å². The Labute approximate surface area is 180 Å². The summed E-state index contributed by atoms with van der Waals surface area (Å²) in [5.74, 6) is -2.23. The summed E-state index contributed by atoms with van der Waals surface area (Å²) in [7, 11) is 1.58. The van der Waals surface area contributed by atoms with Crippen LogP contribution in [0.4, 0.5) is 0 Å². The summed E-state index contributed by atoms with van der Waals surface area (Å²) in [6, 6.07) is 8.13. The summed E-state index contributed by atoms with van der Waals surface area (Å²) in [5, 5.41) is 10.1. The Hall–Kier alpha value is -2.71. The molecule has 0 radical (unpaired) electrons. The standard InChI is InChI=1S/C23H27NO7/c1-12(25)17-19-15-10-7-11-16(29-3)18(15)20(24(19)21(17)26)23(28)31-13(2)30-22(27)14-8-5-4-6-9-14/h4-6,8-9,12-13,15-17,19,25H,7,10-11H2,1-3H3. The van der Waals surface area contributed by atoms with Crippen LogP contribution in [0, 0.1) is 11.8 Å². The third kappa shape index (κ3) is 3.64. The Morgan fingerprint density at radius 1 is 1.10 bits per heavy atom. The van der Waals surface area contributed by atoms with Gasteiger partial charge in [0.25, 0.3) is 0 Å². The van der Waals surface area contributed by atoms with Crippen LogP contribution in [0.1, 0.15) is 43.5 Å². The maximum absolute atomic E-state index is 13.1. The SMILES string of the molecule is COC1CCCC2C1=C(C(=O)OC(C)OC(=O)c1ccccc1)N1C(=O)C(C(C)O)C21. The summed E-state index contributed by atoms with van der Waals surface area (Å²) < 4.78 is 16.3. The number of nitrogens with zero attached hydrogens (tertiary/aromatic N) is 1. The van der Waals surface area contributed by atoms with Crippen molar-refractivity contribution >= 4 is 17.8 Å². The van der Waals surface area contributed by atoms with Gasteiger partial charge in [0.15, 0.2) is 0 Å². The lowest BCUT2D eigenvalue weighted by atomic mass is 9.72. The molecule has 1 aromatic rings. The molecule has 2 aliphatic heterocycles. The molecule has 0 spiro atoms. The number of ether oxygens (including phenoxy) is 3. The van der Waals surface area contributed by atoms with Crippen molar-refractivity contribution in [1.29, 1.82) is 0 Å². The number of rotatable bonds is 6. The molecule has 3 aliphatic rings. The molecule has 1 N–H and O–H groups in total. The van der Waals surface area contributed by atoms with E-state index in [1.54, 1.807) is 44.4 Å². The van der Waals surface area contributed by atoms with Crippen molar-refractivity contribution in [1.82, 2.24) is 4.90 Å². The van der Waals surface area contributed by atoms with Gasteiger partial charge in [-0.15, -0.1) is 0 Å². The highest BCUT2D eigenvalue weighted by Gasteiger charge is 2.62. The number of benzene rings is 1. The molecule has 1 aliphatic carbocycles. The highest BCUT2D eigenvalue weighted by atomic mass is 16.7. The van der Waals surface area contributed by atoms with Gasteiger partial charge in [0.05, 0.1) is 29.7 Å². The molecular formula is C23H27NO7. The Kier molecular flexibility index (Phi) is 5.85. The van der Waals surface area contributed by atoms with Crippen LogP contribution in [0.25, 0.3) is 0 Å². The van der Waals surface area contributed by atoms with Crippen LogP contribution >= 0.6 is 0 Å². The zero-order chi connectivity index (χ0) is 22.3. The highest BCUT2D eigenvalue weighted by molar-refractivity contribution is 6.01. The van der Waals surface area contributed by atoms with Crippen molar-refractivity contribution in [2.24, 2.45) is 11.8 Å². The third-order valence-corrected chi connectivity index (χ3v) is 6.40. The van der Waals surface area contributed by atoms with Crippen LogP contribution in [0.3, 0.4) is 0 Å². The number of amides is 1. The molecule has 8 nitrogen and oxygen atoms in total. The minimum absolute atomic E-state index is 0.0549. The van der Waals surface area contributed by atoms with Crippen LogP contribution in [0.2, 0.25) is 0 Å². The van der Waals surface area contributed by atoms with Crippen LogP contribution in [0.5, 0.6) is 0 Å². The minimum atomic E-state index is -1.14. The van der Waals surface area contributed by atoms with Gasteiger partial charge in [-0.1, -0.05) is 18.2 Å². The van der Waals surface area contributed by atoms with E-state index in [0.717, 1.165) is 24.8 Å². The maximum Gasteiger partial charge on any atom is 0.358 e. The number of carbonyl (C=O) groups excluding carboxylic acids is 3. The lowest BCUT2D eigenvalue weighted by Gasteiger charge is -2.47. The summed E-state index contributed by atoms with van der Waals surface area (Å²) >= 11 is 0. The molecule has 1 amide bonds. The monoisotopic (exact) mass is 429 g/mol. The molecule has 166 valence electrons. The Bertz CT molecular complexity index is 910. The lowest BCUT2D eigenvalue weighted by molar-refractivity contribution is -0.172. The van der Waals surface area contributed by atoms with Gasteiger partial charge in [-0.05, 0) is 43.9 Å². The van der Waals surface area contributed by atoms with E-state index >= 15 is 0 Å². The Morgan fingerprint density at radius 2 is 1.77 bits per heavy atom. The summed E-state index contributed by atoms with van der Waals surface area (Å²) in [6.45, 7) is 3.05. The number of β-lactam (4-membered cyclic amide) rings is 1. The summed E-state index contributed by atoms with van der Waals surface area (Å²) in [6.07, 6.45) is 0.217. The molecule has 31 heavy (non-hydrogen) atoms. The molecule has 4 rings (SSSR count). The number of aliphatic hydroxyl groups is 1. The summed E-state index contributed by atoms with van der Waals surface area (Å²) in [5.41, 5.74) is 1.27. The zero-order valence-electron chi connectivity index (χ0n) is 17.8. The molecular weight excluding hydrogens is 402 g/mol. The number of aliphatic hydroxyl groups excluding tert-OH is 1. The molecule has 6 unspecified atom stereocenters. The third-order valence-electron chi connectivity index (χ3n) is 6.40. The summed E-state index contributed by atoms with van der Waals surface area (Å²) in [4.78, 5) is 39.6. The smallest absolute Gasteiger partial charge is 0.358 e. The number of methoxy groups -OCH3 is 1. The molecule has 2 fully saturated rings. The number of fused-ring (bicyclic) bond motifs is 3. The van der Waals surface area contributed by atoms with Gasteiger partial charge in [-0.25, -0.2) is 9.59 Å². The minimum Gasteiger partial charge on any atom is -0.422 e. The van der Waals surface area contributed by atoms with E-state index in [9.17, 15) is 19.5 Å². The second-order valence-electron chi connectivity index (χ2n) is 8.28. The fourth-order valence-electron chi connectivity index (χ4n) is 5.09. The van der Waals surface area contributed by atoms with Crippen LogP contribution < -0.4 is 0 Å². The van der Waals surface area contributed by atoms with Gasteiger partial charge in [0, 0.05) is 20.0 Å². The second-order valence-corrected chi connectivity index (χ2v) is 8.28. The van der Waals surface area contributed by atoms with Crippen molar-refractivity contribution < 1.29 is 33.7 Å². The second kappa shape index (κ2) is 8.43. The Morgan fingerprint density at radius 3 is 2.42 bits per heavy atom. The van der Waals surface area contributed by atoms with Crippen molar-refractivity contribution in [2.75, 3.05) is 7.11 Å². The molecule has 6 atom stereocenters. The first-order valence-electron chi connectivity index (χ1n) is 10.6. The Balaban J connectivity index is 1.55. The predicted molar refractivity (Wildman–Crippen MR) is 108 cm³/mol.